The highest BCUT2D eigenvalue weighted by atomic mass is 32.1. The Bertz CT molecular complexity index is 357. The van der Waals surface area contributed by atoms with Crippen LogP contribution in [-0.4, -0.2) is 23.1 Å². The van der Waals surface area contributed by atoms with Crippen LogP contribution in [0.1, 0.15) is 12.8 Å². The zero-order valence-corrected chi connectivity index (χ0v) is 7.90. The van der Waals surface area contributed by atoms with Crippen molar-refractivity contribution in [1.82, 2.24) is 9.97 Å². The van der Waals surface area contributed by atoms with E-state index in [4.69, 9.17) is 12.2 Å². The lowest BCUT2D eigenvalue weighted by atomic mass is 10.4. The summed E-state index contributed by atoms with van der Waals surface area (Å²) in [6.45, 7) is 1.79. The summed E-state index contributed by atoms with van der Waals surface area (Å²) in [4.78, 5) is 8.41. The zero-order chi connectivity index (χ0) is 9.26. The summed E-state index contributed by atoms with van der Waals surface area (Å²) in [6, 6.07) is 0. The van der Waals surface area contributed by atoms with Gasteiger partial charge in [-0.25, -0.2) is 9.37 Å². The van der Waals surface area contributed by atoms with Crippen LogP contribution < -0.4 is 4.90 Å². The van der Waals surface area contributed by atoms with E-state index in [-0.39, 0.29) is 5.82 Å². The molecule has 1 fully saturated rings. The van der Waals surface area contributed by atoms with Crippen molar-refractivity contribution in [2.24, 2.45) is 0 Å². The summed E-state index contributed by atoms with van der Waals surface area (Å²) >= 11 is 4.83. The first-order chi connectivity index (χ1) is 6.27. The standard InChI is InChI=1S/C8H10FN3S/c9-6-5-10-8(13)11-7(6)12-3-1-2-4-12/h5H,1-4H2,(H,10,11,13). The van der Waals surface area contributed by atoms with Crippen molar-refractivity contribution in [2.75, 3.05) is 18.0 Å². The molecule has 13 heavy (non-hydrogen) atoms. The Hall–Kier alpha value is -0.970. The Morgan fingerprint density at radius 3 is 2.85 bits per heavy atom. The molecule has 70 valence electrons. The van der Waals surface area contributed by atoms with Gasteiger partial charge in [0.1, 0.15) is 5.82 Å². The highest BCUT2D eigenvalue weighted by Gasteiger charge is 2.16. The fourth-order valence-electron chi connectivity index (χ4n) is 1.54. The molecule has 0 aromatic carbocycles. The summed E-state index contributed by atoms with van der Waals surface area (Å²) in [5.74, 6) is 0.160. The van der Waals surface area contributed by atoms with Crippen molar-refractivity contribution in [1.29, 1.82) is 0 Å². The summed E-state index contributed by atoms with van der Waals surface area (Å²) in [6.07, 6.45) is 3.40. The maximum Gasteiger partial charge on any atom is 0.198 e. The van der Waals surface area contributed by atoms with Crippen molar-refractivity contribution in [3.63, 3.8) is 0 Å². The normalized spacial score (nSPS) is 16.5. The van der Waals surface area contributed by atoms with E-state index in [0.717, 1.165) is 25.9 Å². The number of rotatable bonds is 1. The van der Waals surface area contributed by atoms with Crippen molar-refractivity contribution < 1.29 is 4.39 Å². The molecule has 0 saturated carbocycles. The van der Waals surface area contributed by atoms with Crippen LogP contribution in [0.3, 0.4) is 0 Å². The molecule has 2 rings (SSSR count). The third-order valence-electron chi connectivity index (χ3n) is 2.17. The van der Waals surface area contributed by atoms with Crippen LogP contribution in [0.25, 0.3) is 0 Å². The van der Waals surface area contributed by atoms with Gasteiger partial charge in [-0.05, 0) is 25.1 Å². The maximum absolute atomic E-state index is 13.2. The van der Waals surface area contributed by atoms with E-state index in [2.05, 4.69) is 9.97 Å². The molecule has 0 unspecified atom stereocenters. The molecule has 0 atom stereocenters. The molecule has 1 aliphatic rings. The summed E-state index contributed by atoms with van der Waals surface area (Å²) in [5, 5.41) is 0. The van der Waals surface area contributed by atoms with Crippen LogP contribution in [0, 0.1) is 10.6 Å². The number of nitrogens with one attached hydrogen (secondary N) is 1. The fourth-order valence-corrected chi connectivity index (χ4v) is 1.69. The van der Waals surface area contributed by atoms with Gasteiger partial charge >= 0.3 is 0 Å². The van der Waals surface area contributed by atoms with Gasteiger partial charge in [-0.1, -0.05) is 0 Å². The van der Waals surface area contributed by atoms with Crippen LogP contribution in [-0.2, 0) is 0 Å². The van der Waals surface area contributed by atoms with Crippen molar-refractivity contribution in [2.45, 2.75) is 12.8 Å². The highest BCUT2D eigenvalue weighted by Crippen LogP contribution is 2.19. The lowest BCUT2D eigenvalue weighted by Gasteiger charge is -2.16. The first-order valence-electron chi connectivity index (χ1n) is 4.27. The summed E-state index contributed by atoms with van der Waals surface area (Å²) in [5.41, 5.74) is 0. The van der Waals surface area contributed by atoms with Crippen molar-refractivity contribution in [3.05, 3.63) is 16.8 Å². The molecular formula is C8H10FN3S. The maximum atomic E-state index is 13.2. The van der Waals surface area contributed by atoms with Gasteiger partial charge in [-0.3, -0.25) is 0 Å². The Labute approximate surface area is 80.6 Å². The Morgan fingerprint density at radius 2 is 2.15 bits per heavy atom. The predicted molar refractivity (Wildman–Crippen MR) is 50.8 cm³/mol. The predicted octanol–water partition coefficient (Wildman–Crippen LogP) is 1.88. The molecule has 1 aromatic rings. The van der Waals surface area contributed by atoms with Crippen LogP contribution in [0.2, 0.25) is 0 Å². The third kappa shape index (κ3) is 1.70. The first-order valence-corrected chi connectivity index (χ1v) is 4.68. The van der Waals surface area contributed by atoms with E-state index in [0.29, 0.717) is 10.6 Å². The molecule has 0 spiro atoms. The van der Waals surface area contributed by atoms with E-state index >= 15 is 0 Å². The van der Waals surface area contributed by atoms with E-state index in [1.54, 1.807) is 0 Å². The second-order valence-electron chi connectivity index (χ2n) is 3.08. The monoisotopic (exact) mass is 199 g/mol. The largest absolute Gasteiger partial charge is 0.356 e. The molecule has 0 aliphatic carbocycles. The SMILES string of the molecule is Fc1cnc(=S)[nH]c1N1CCCC1. The molecule has 5 heteroatoms. The lowest BCUT2D eigenvalue weighted by Crippen LogP contribution is -2.20. The fraction of sp³-hybridized carbons (Fsp3) is 0.500. The quantitative estimate of drug-likeness (QED) is 0.701. The molecule has 0 amide bonds. The van der Waals surface area contributed by atoms with Crippen LogP contribution in [0.15, 0.2) is 6.20 Å². The number of aromatic nitrogens is 2. The second-order valence-corrected chi connectivity index (χ2v) is 3.47. The van der Waals surface area contributed by atoms with Gasteiger partial charge in [0.25, 0.3) is 0 Å². The number of hydrogen-bond donors (Lipinski definition) is 1. The van der Waals surface area contributed by atoms with E-state index in [9.17, 15) is 4.39 Å². The molecule has 3 nitrogen and oxygen atoms in total. The van der Waals surface area contributed by atoms with Crippen LogP contribution in [0.5, 0.6) is 0 Å². The lowest BCUT2D eigenvalue weighted by molar-refractivity contribution is 0.607. The molecule has 2 heterocycles. The average molecular weight is 199 g/mol. The minimum absolute atomic E-state index is 0.324. The molecule has 1 saturated heterocycles. The highest BCUT2D eigenvalue weighted by molar-refractivity contribution is 7.71. The molecular weight excluding hydrogens is 189 g/mol. The number of nitrogens with zero attached hydrogens (tertiary/aromatic N) is 2. The molecule has 1 N–H and O–H groups in total. The van der Waals surface area contributed by atoms with Crippen molar-refractivity contribution in [3.8, 4) is 0 Å². The smallest absolute Gasteiger partial charge is 0.198 e. The van der Waals surface area contributed by atoms with Gasteiger partial charge in [0.15, 0.2) is 10.6 Å². The van der Waals surface area contributed by atoms with Gasteiger partial charge in [-0.15, -0.1) is 0 Å². The zero-order valence-electron chi connectivity index (χ0n) is 7.09. The Balaban J connectivity index is 2.37. The van der Waals surface area contributed by atoms with Gasteiger partial charge in [0.2, 0.25) is 0 Å². The topological polar surface area (TPSA) is 31.9 Å². The van der Waals surface area contributed by atoms with Crippen molar-refractivity contribution >= 4 is 18.0 Å². The van der Waals surface area contributed by atoms with Gasteiger partial charge in [-0.2, -0.15) is 0 Å². The van der Waals surface area contributed by atoms with E-state index < -0.39 is 0 Å². The second kappa shape index (κ2) is 3.41. The third-order valence-corrected chi connectivity index (χ3v) is 2.38. The summed E-state index contributed by atoms with van der Waals surface area (Å²) < 4.78 is 13.6. The molecule has 0 radical (unpaired) electrons. The number of aromatic amines is 1. The van der Waals surface area contributed by atoms with Gasteiger partial charge in [0, 0.05) is 13.1 Å². The first kappa shape index (κ1) is 8.62. The molecule has 1 aliphatic heterocycles. The summed E-state index contributed by atoms with van der Waals surface area (Å²) in [7, 11) is 0. The number of hydrogen-bond acceptors (Lipinski definition) is 3. The average Bonchev–Trinajstić information content (AvgIpc) is 2.61. The van der Waals surface area contributed by atoms with Crippen LogP contribution in [0.4, 0.5) is 10.2 Å². The number of anilines is 1. The van der Waals surface area contributed by atoms with Crippen LogP contribution >= 0.6 is 12.2 Å². The van der Waals surface area contributed by atoms with Gasteiger partial charge in [0.05, 0.1) is 6.20 Å². The minimum atomic E-state index is -0.324. The molecule has 1 aromatic heterocycles. The molecule has 0 bridgehead atoms. The van der Waals surface area contributed by atoms with E-state index in [1.807, 2.05) is 4.90 Å². The van der Waals surface area contributed by atoms with Gasteiger partial charge < -0.3 is 9.88 Å². The number of H-pyrrole nitrogens is 1. The Morgan fingerprint density at radius 1 is 1.46 bits per heavy atom. The Kier molecular flexibility index (Phi) is 2.26. The minimum Gasteiger partial charge on any atom is -0.356 e. The number of halogens is 1. The van der Waals surface area contributed by atoms with E-state index in [1.165, 1.54) is 6.20 Å².